The monoisotopic (exact) mass is 563 g/mol. The van der Waals surface area contributed by atoms with Gasteiger partial charge in [0, 0.05) is 62.3 Å². The van der Waals surface area contributed by atoms with Gasteiger partial charge in [-0.1, -0.05) is 13.0 Å². The van der Waals surface area contributed by atoms with Gasteiger partial charge in [0.25, 0.3) is 5.91 Å². The van der Waals surface area contributed by atoms with Crippen LogP contribution in [0.15, 0.2) is 54.9 Å². The van der Waals surface area contributed by atoms with Crippen molar-refractivity contribution in [3.63, 3.8) is 0 Å². The molecule has 3 aromatic heterocycles. The number of benzene rings is 1. The molecule has 0 unspecified atom stereocenters. The lowest BCUT2D eigenvalue weighted by Gasteiger charge is -2.34. The number of carbonyl (C=O) groups excluding carboxylic acids is 1. The van der Waals surface area contributed by atoms with E-state index < -0.39 is 17.6 Å². The van der Waals surface area contributed by atoms with Crippen LogP contribution in [0.3, 0.4) is 0 Å². The van der Waals surface area contributed by atoms with Crippen molar-refractivity contribution in [1.82, 2.24) is 29.5 Å². The second kappa shape index (κ2) is 12.0. The van der Waals surface area contributed by atoms with Crippen LogP contribution in [0, 0.1) is 12.0 Å². The lowest BCUT2D eigenvalue weighted by atomic mass is 10.0. The van der Waals surface area contributed by atoms with E-state index in [2.05, 4.69) is 44.2 Å². The van der Waals surface area contributed by atoms with E-state index in [0.717, 1.165) is 25.7 Å². The lowest BCUT2D eigenvalue weighted by Crippen LogP contribution is -2.45. The Balaban J connectivity index is 1.32. The van der Waals surface area contributed by atoms with E-state index in [4.69, 9.17) is 4.74 Å². The van der Waals surface area contributed by atoms with Crippen LogP contribution < -0.4 is 10.1 Å². The molecule has 0 spiro atoms. The van der Waals surface area contributed by atoms with Crippen LogP contribution in [-0.2, 0) is 12.7 Å². The van der Waals surface area contributed by atoms with Crippen LogP contribution >= 0.6 is 0 Å². The number of amides is 1. The molecule has 0 aliphatic carbocycles. The Bertz CT molecular complexity index is 1620. The lowest BCUT2D eigenvalue weighted by molar-refractivity contribution is -0.138. The summed E-state index contributed by atoms with van der Waals surface area (Å²) in [7, 11) is 1.50. The Hall–Kier alpha value is -4.47. The summed E-state index contributed by atoms with van der Waals surface area (Å²) in [6.45, 7) is 6.18. The van der Waals surface area contributed by atoms with Crippen LogP contribution in [0.5, 0.6) is 5.88 Å². The maximum Gasteiger partial charge on any atom is 0.416 e. The Morgan fingerprint density at radius 3 is 2.56 bits per heavy atom. The van der Waals surface area contributed by atoms with Gasteiger partial charge < -0.3 is 15.0 Å². The third-order valence-electron chi connectivity index (χ3n) is 6.89. The summed E-state index contributed by atoms with van der Waals surface area (Å²) in [6.07, 6.45) is -1.53. The Labute approximate surface area is 234 Å². The van der Waals surface area contributed by atoms with E-state index in [1.54, 1.807) is 18.3 Å². The molecule has 4 aromatic rings. The molecule has 41 heavy (non-hydrogen) atoms. The summed E-state index contributed by atoms with van der Waals surface area (Å²) in [5.74, 6) is 2.76. The van der Waals surface area contributed by atoms with Crippen LogP contribution in [0.1, 0.15) is 34.0 Å². The molecule has 0 bridgehead atoms. The van der Waals surface area contributed by atoms with Crippen LogP contribution in [-0.4, -0.2) is 75.3 Å². The molecule has 0 radical (unpaired) electrons. The molecule has 9 nitrogen and oxygen atoms in total. The molecule has 212 valence electrons. The summed E-state index contributed by atoms with van der Waals surface area (Å²) in [5.41, 5.74) is 0.240. The third kappa shape index (κ3) is 6.48. The molecule has 1 aliphatic heterocycles. The molecular weight excluding hydrogens is 535 g/mol. The quantitative estimate of drug-likeness (QED) is 0.354. The highest BCUT2D eigenvalue weighted by molar-refractivity contribution is 6.04. The number of nitrogens with zero attached hydrogens (tertiary/aromatic N) is 6. The number of piperazine rings is 1. The minimum Gasteiger partial charge on any atom is -0.479 e. The topological polar surface area (TPSA) is 88.4 Å². The van der Waals surface area contributed by atoms with E-state index >= 15 is 0 Å². The molecule has 12 heteroatoms. The zero-order chi connectivity index (χ0) is 29.0. The van der Waals surface area contributed by atoms with Crippen molar-refractivity contribution >= 4 is 22.8 Å². The Kier molecular flexibility index (Phi) is 8.19. The van der Waals surface area contributed by atoms with Crippen LogP contribution in [0.25, 0.3) is 11.0 Å². The molecule has 1 N–H and O–H groups in total. The van der Waals surface area contributed by atoms with Gasteiger partial charge in [-0.25, -0.2) is 9.97 Å². The Morgan fingerprint density at radius 1 is 1.05 bits per heavy atom. The molecule has 5 rings (SSSR count). The number of nitrogens with one attached hydrogen (secondary N) is 1. The number of fused-ring (bicyclic) bond motifs is 1. The van der Waals surface area contributed by atoms with E-state index in [1.165, 1.54) is 36.2 Å². The molecule has 1 aliphatic rings. The number of hydrogen-bond acceptors (Lipinski definition) is 7. The highest BCUT2D eigenvalue weighted by atomic mass is 19.4. The number of carbonyl (C=O) groups is 1. The third-order valence-corrected chi connectivity index (χ3v) is 6.89. The SMILES string of the molecule is CCN1CCN(Cc2ccc(C(=O)Nc3cc(C#Cn4nc(OC)c5cccnc54)ccn3)cc2C(F)(F)F)CC1. The van der Waals surface area contributed by atoms with Crippen molar-refractivity contribution in [2.24, 2.45) is 0 Å². The van der Waals surface area contributed by atoms with E-state index in [-0.39, 0.29) is 23.5 Å². The van der Waals surface area contributed by atoms with Crippen molar-refractivity contribution in [1.29, 1.82) is 0 Å². The number of likely N-dealkylation sites (N-methyl/N-ethyl adjacent to an activating group) is 1. The summed E-state index contributed by atoms with van der Waals surface area (Å²) < 4.78 is 48.6. The van der Waals surface area contributed by atoms with Crippen molar-refractivity contribution in [2.45, 2.75) is 19.6 Å². The fourth-order valence-electron chi connectivity index (χ4n) is 4.66. The molecule has 1 aromatic carbocycles. The molecule has 0 saturated carbocycles. The number of halogens is 3. The van der Waals surface area contributed by atoms with Crippen LogP contribution in [0.2, 0.25) is 0 Å². The van der Waals surface area contributed by atoms with Crippen molar-refractivity contribution in [3.8, 4) is 17.8 Å². The van der Waals surface area contributed by atoms with Gasteiger partial charge >= 0.3 is 6.18 Å². The Morgan fingerprint density at radius 2 is 1.83 bits per heavy atom. The van der Waals surface area contributed by atoms with E-state index in [1.807, 2.05) is 11.0 Å². The first-order valence-electron chi connectivity index (χ1n) is 13.1. The maximum absolute atomic E-state index is 14.0. The number of hydrogen-bond donors (Lipinski definition) is 1. The maximum atomic E-state index is 14.0. The van der Waals surface area contributed by atoms with Gasteiger partial charge in [0.15, 0.2) is 5.65 Å². The number of methoxy groups -OCH3 is 1. The minimum absolute atomic E-state index is 0.114. The second-order valence-electron chi connectivity index (χ2n) is 9.50. The largest absolute Gasteiger partial charge is 0.479 e. The first-order valence-corrected chi connectivity index (χ1v) is 13.1. The van der Waals surface area contributed by atoms with Crippen molar-refractivity contribution < 1.29 is 22.7 Å². The summed E-state index contributed by atoms with van der Waals surface area (Å²) in [6, 6.07) is 13.3. The van der Waals surface area contributed by atoms with Gasteiger partial charge in [-0.15, -0.1) is 5.10 Å². The molecule has 0 atom stereocenters. The zero-order valence-electron chi connectivity index (χ0n) is 22.6. The highest BCUT2D eigenvalue weighted by Crippen LogP contribution is 2.33. The van der Waals surface area contributed by atoms with Crippen molar-refractivity contribution in [2.75, 3.05) is 45.2 Å². The van der Waals surface area contributed by atoms with Gasteiger partial charge in [-0.3, -0.25) is 9.69 Å². The normalized spacial score (nSPS) is 14.5. The number of pyridine rings is 2. The second-order valence-corrected chi connectivity index (χ2v) is 9.50. The molecular formula is C29H28F3N7O2. The number of aromatic nitrogens is 4. The van der Waals surface area contributed by atoms with Gasteiger partial charge in [0.05, 0.1) is 18.1 Å². The van der Waals surface area contributed by atoms with Gasteiger partial charge in [-0.2, -0.15) is 17.9 Å². The standard InChI is InChI=1S/C29H28F3N7O2/c1-3-37-13-15-38(16-14-37)19-22-7-6-21(18-24(22)29(30,31)32)27(40)35-25-17-20(8-11-33-25)9-12-39-26-23(5-4-10-34-26)28(36-39)41-2/h4-8,10-11,17-18H,3,13-16,19H2,1-2H3,(H,33,35,40). The van der Waals surface area contributed by atoms with Gasteiger partial charge in [0.1, 0.15) is 5.82 Å². The number of anilines is 1. The minimum atomic E-state index is -4.60. The van der Waals surface area contributed by atoms with Gasteiger partial charge in [0.2, 0.25) is 5.88 Å². The molecule has 1 fully saturated rings. The predicted octanol–water partition coefficient (Wildman–Crippen LogP) is 4.10. The van der Waals surface area contributed by atoms with Gasteiger partial charge in [-0.05, 0) is 54.4 Å². The number of ether oxygens (including phenoxy) is 1. The summed E-state index contributed by atoms with van der Waals surface area (Å²) in [4.78, 5) is 25.6. The van der Waals surface area contributed by atoms with E-state index in [0.29, 0.717) is 35.6 Å². The smallest absolute Gasteiger partial charge is 0.416 e. The highest BCUT2D eigenvalue weighted by Gasteiger charge is 2.34. The first kappa shape index (κ1) is 28.1. The summed E-state index contributed by atoms with van der Waals surface area (Å²) >= 11 is 0. The number of rotatable bonds is 6. The predicted molar refractivity (Wildman–Crippen MR) is 147 cm³/mol. The van der Waals surface area contributed by atoms with E-state index in [9.17, 15) is 18.0 Å². The average Bonchev–Trinajstić information content (AvgIpc) is 3.34. The zero-order valence-corrected chi connectivity index (χ0v) is 22.6. The molecule has 1 saturated heterocycles. The molecule has 4 heterocycles. The van der Waals surface area contributed by atoms with Crippen LogP contribution in [0.4, 0.5) is 19.0 Å². The first-order chi connectivity index (χ1) is 19.7. The summed E-state index contributed by atoms with van der Waals surface area (Å²) in [5, 5.41) is 7.57. The fraction of sp³-hybridized carbons (Fsp3) is 0.310. The number of alkyl halides is 3. The fourth-order valence-corrected chi connectivity index (χ4v) is 4.66. The molecule has 1 amide bonds. The average molecular weight is 564 g/mol. The van der Waals surface area contributed by atoms with Crippen molar-refractivity contribution in [3.05, 3.63) is 77.1 Å².